The van der Waals surface area contributed by atoms with Gasteiger partial charge in [0.2, 0.25) is 0 Å². The number of hydrogen-bond acceptors (Lipinski definition) is 1. The lowest BCUT2D eigenvalue weighted by Gasteiger charge is -2.05. The lowest BCUT2D eigenvalue weighted by molar-refractivity contribution is -0.117. The van der Waals surface area contributed by atoms with E-state index in [4.69, 9.17) is 0 Å². The summed E-state index contributed by atoms with van der Waals surface area (Å²) < 4.78 is 40.1. The van der Waals surface area contributed by atoms with E-state index in [1.807, 2.05) is 0 Å². The first-order valence-electron chi connectivity index (χ1n) is 5.86. The molecule has 0 heterocycles. The number of rotatable bonds is 4. The topological polar surface area (TPSA) is 17.1 Å². The third-order valence-electron chi connectivity index (χ3n) is 2.82. The van der Waals surface area contributed by atoms with Gasteiger partial charge in [0.05, 0.1) is 4.47 Å². The number of carbonyl (C=O) groups is 1. The molecule has 0 saturated carbocycles. The van der Waals surface area contributed by atoms with E-state index in [1.54, 1.807) is 0 Å². The minimum Gasteiger partial charge on any atom is -0.299 e. The van der Waals surface area contributed by atoms with Crippen LogP contribution in [-0.4, -0.2) is 5.78 Å². The van der Waals surface area contributed by atoms with E-state index in [2.05, 4.69) is 15.9 Å². The second-order valence-corrected chi connectivity index (χ2v) is 5.20. The van der Waals surface area contributed by atoms with E-state index in [0.29, 0.717) is 5.56 Å². The van der Waals surface area contributed by atoms with E-state index in [9.17, 15) is 18.0 Å². The zero-order chi connectivity index (χ0) is 14.7. The van der Waals surface area contributed by atoms with Crippen molar-refractivity contribution in [1.29, 1.82) is 0 Å². The lowest BCUT2D eigenvalue weighted by Crippen LogP contribution is -2.09. The van der Waals surface area contributed by atoms with E-state index >= 15 is 0 Å². The van der Waals surface area contributed by atoms with Gasteiger partial charge in [0.1, 0.15) is 23.2 Å². The summed E-state index contributed by atoms with van der Waals surface area (Å²) in [4.78, 5) is 11.8. The van der Waals surface area contributed by atoms with Gasteiger partial charge >= 0.3 is 0 Å². The molecular weight excluding hydrogens is 333 g/mol. The number of carbonyl (C=O) groups excluding carboxylic acids is 1. The number of Topliss-reactive ketones (excluding diaryl/α,β-unsaturated/α-hetero) is 1. The van der Waals surface area contributed by atoms with Crippen LogP contribution in [-0.2, 0) is 17.6 Å². The van der Waals surface area contributed by atoms with Crippen molar-refractivity contribution in [3.8, 4) is 0 Å². The summed E-state index contributed by atoms with van der Waals surface area (Å²) in [6, 6.07) is 7.65. The van der Waals surface area contributed by atoms with Gasteiger partial charge in [-0.25, -0.2) is 13.2 Å². The Morgan fingerprint density at radius 2 is 1.60 bits per heavy atom. The summed E-state index contributed by atoms with van der Waals surface area (Å²) in [5.41, 5.74) is 0.346. The standard InChI is InChI=1S/C15H10BrF3O/c16-12-7-9(4-5-15(12)19)6-10(20)8-11-13(17)2-1-3-14(11)18/h1-5,7H,6,8H2. The molecule has 0 aliphatic heterocycles. The van der Waals surface area contributed by atoms with Gasteiger partial charge in [-0.05, 0) is 45.8 Å². The molecule has 2 aromatic rings. The van der Waals surface area contributed by atoms with Gasteiger partial charge in [-0.3, -0.25) is 4.79 Å². The van der Waals surface area contributed by atoms with Crippen molar-refractivity contribution < 1.29 is 18.0 Å². The average molecular weight is 343 g/mol. The largest absolute Gasteiger partial charge is 0.299 e. The molecule has 5 heteroatoms. The normalized spacial score (nSPS) is 10.6. The quantitative estimate of drug-likeness (QED) is 0.812. The SMILES string of the molecule is O=C(Cc1ccc(F)c(Br)c1)Cc1c(F)cccc1F. The van der Waals surface area contributed by atoms with Gasteiger partial charge in [-0.15, -0.1) is 0 Å². The Morgan fingerprint density at radius 3 is 2.20 bits per heavy atom. The smallest absolute Gasteiger partial charge is 0.141 e. The molecule has 20 heavy (non-hydrogen) atoms. The highest BCUT2D eigenvalue weighted by molar-refractivity contribution is 9.10. The molecular formula is C15H10BrF3O. The lowest BCUT2D eigenvalue weighted by atomic mass is 10.0. The number of hydrogen-bond donors (Lipinski definition) is 0. The third-order valence-corrected chi connectivity index (χ3v) is 3.43. The summed E-state index contributed by atoms with van der Waals surface area (Å²) in [7, 11) is 0. The van der Waals surface area contributed by atoms with Gasteiger partial charge in [0.25, 0.3) is 0 Å². The summed E-state index contributed by atoms with van der Waals surface area (Å²) in [6.45, 7) is 0. The van der Waals surface area contributed by atoms with Crippen molar-refractivity contribution in [3.63, 3.8) is 0 Å². The Bertz CT molecular complexity index is 635. The zero-order valence-electron chi connectivity index (χ0n) is 10.3. The van der Waals surface area contributed by atoms with Crippen molar-refractivity contribution in [1.82, 2.24) is 0 Å². The Morgan fingerprint density at radius 1 is 0.950 bits per heavy atom. The molecule has 0 aliphatic rings. The van der Waals surface area contributed by atoms with Crippen LogP contribution >= 0.6 is 15.9 Å². The first kappa shape index (κ1) is 14.8. The first-order chi connectivity index (χ1) is 9.47. The van der Waals surface area contributed by atoms with Crippen molar-refractivity contribution in [2.75, 3.05) is 0 Å². The Kier molecular flexibility index (Phi) is 4.60. The summed E-state index contributed by atoms with van der Waals surface area (Å²) >= 11 is 3.02. The average Bonchev–Trinajstić information content (AvgIpc) is 2.38. The van der Waals surface area contributed by atoms with Gasteiger partial charge in [-0.1, -0.05) is 12.1 Å². The Balaban J connectivity index is 2.11. The van der Waals surface area contributed by atoms with Crippen LogP contribution in [0.4, 0.5) is 13.2 Å². The van der Waals surface area contributed by atoms with E-state index in [1.165, 1.54) is 24.3 Å². The van der Waals surface area contributed by atoms with Crippen molar-refractivity contribution in [2.45, 2.75) is 12.8 Å². The van der Waals surface area contributed by atoms with Gasteiger partial charge in [-0.2, -0.15) is 0 Å². The highest BCUT2D eigenvalue weighted by Crippen LogP contribution is 2.18. The fourth-order valence-corrected chi connectivity index (χ4v) is 2.26. The molecule has 0 N–H and O–H groups in total. The molecule has 0 aromatic heterocycles. The molecule has 104 valence electrons. The molecule has 0 atom stereocenters. The molecule has 1 nitrogen and oxygen atoms in total. The highest BCUT2D eigenvalue weighted by Gasteiger charge is 2.14. The first-order valence-corrected chi connectivity index (χ1v) is 6.65. The summed E-state index contributed by atoms with van der Waals surface area (Å²) in [5, 5.41) is 0. The maximum Gasteiger partial charge on any atom is 0.141 e. The summed E-state index contributed by atoms with van der Waals surface area (Å²) in [6.07, 6.45) is -0.333. The van der Waals surface area contributed by atoms with Crippen molar-refractivity contribution in [2.24, 2.45) is 0 Å². The van der Waals surface area contributed by atoms with Gasteiger partial charge in [0, 0.05) is 18.4 Å². The van der Waals surface area contributed by atoms with Crippen LogP contribution in [0.15, 0.2) is 40.9 Å². The maximum absolute atomic E-state index is 13.4. The Hall–Kier alpha value is -1.62. The predicted molar refractivity (Wildman–Crippen MR) is 72.9 cm³/mol. The second kappa shape index (κ2) is 6.22. The maximum atomic E-state index is 13.4. The van der Waals surface area contributed by atoms with Gasteiger partial charge < -0.3 is 0 Å². The van der Waals surface area contributed by atoms with Crippen molar-refractivity contribution >= 4 is 21.7 Å². The van der Waals surface area contributed by atoms with Crippen LogP contribution in [0.5, 0.6) is 0 Å². The van der Waals surface area contributed by atoms with Crippen LogP contribution in [0.3, 0.4) is 0 Å². The molecule has 0 bridgehead atoms. The van der Waals surface area contributed by atoms with E-state index < -0.39 is 17.5 Å². The molecule has 0 aliphatic carbocycles. The van der Waals surface area contributed by atoms with Crippen LogP contribution in [0.25, 0.3) is 0 Å². The molecule has 0 spiro atoms. The molecule has 0 amide bonds. The number of halogens is 4. The van der Waals surface area contributed by atoms with E-state index in [0.717, 1.165) is 12.1 Å². The predicted octanol–water partition coefficient (Wildman–Crippen LogP) is 4.22. The molecule has 0 unspecified atom stereocenters. The highest BCUT2D eigenvalue weighted by atomic mass is 79.9. The van der Waals surface area contributed by atoms with Crippen LogP contribution in [0.1, 0.15) is 11.1 Å². The summed E-state index contributed by atoms with van der Waals surface area (Å²) in [5.74, 6) is -2.24. The minimum absolute atomic E-state index is 0.00729. The number of ketones is 1. The van der Waals surface area contributed by atoms with E-state index in [-0.39, 0.29) is 28.7 Å². The third kappa shape index (κ3) is 3.48. The van der Waals surface area contributed by atoms with Crippen molar-refractivity contribution in [3.05, 3.63) is 69.4 Å². The van der Waals surface area contributed by atoms with Crippen LogP contribution in [0.2, 0.25) is 0 Å². The molecule has 0 radical (unpaired) electrons. The molecule has 2 rings (SSSR count). The number of benzene rings is 2. The zero-order valence-corrected chi connectivity index (χ0v) is 11.9. The minimum atomic E-state index is -0.737. The second-order valence-electron chi connectivity index (χ2n) is 4.34. The monoisotopic (exact) mass is 342 g/mol. The molecule has 0 fully saturated rings. The van der Waals surface area contributed by atoms with Gasteiger partial charge in [0.15, 0.2) is 0 Å². The van der Waals surface area contributed by atoms with Crippen LogP contribution < -0.4 is 0 Å². The fraction of sp³-hybridized carbons (Fsp3) is 0.133. The fourth-order valence-electron chi connectivity index (χ4n) is 1.84. The Labute approximate surface area is 122 Å². The molecule has 0 saturated heterocycles. The molecule has 2 aromatic carbocycles. The van der Waals surface area contributed by atoms with Crippen LogP contribution in [0, 0.1) is 17.5 Å².